The molecule has 0 saturated carbocycles. The minimum Gasteiger partial charge on any atom is -0.345 e. The van der Waals surface area contributed by atoms with Crippen LogP contribution in [-0.4, -0.2) is 49.9 Å². The lowest BCUT2D eigenvalue weighted by Gasteiger charge is -2.11. The van der Waals surface area contributed by atoms with Crippen LogP contribution in [0, 0.1) is 5.82 Å². The Morgan fingerprint density at radius 2 is 1.88 bits per heavy atom. The van der Waals surface area contributed by atoms with E-state index in [2.05, 4.69) is 26.3 Å². The monoisotopic (exact) mass is 426 g/mol. The Morgan fingerprint density at radius 3 is 2.69 bits per heavy atom. The van der Waals surface area contributed by atoms with Gasteiger partial charge in [0.2, 0.25) is 0 Å². The molecule has 0 N–H and O–H groups in total. The first kappa shape index (κ1) is 19.7. The number of carbonyl (C=O) groups is 1. The van der Waals surface area contributed by atoms with Crippen LogP contribution in [0.2, 0.25) is 0 Å². The van der Waals surface area contributed by atoms with Crippen molar-refractivity contribution in [1.29, 1.82) is 0 Å². The van der Waals surface area contributed by atoms with Gasteiger partial charge in [0.05, 0.1) is 23.3 Å². The van der Waals surface area contributed by atoms with Gasteiger partial charge < -0.3 is 4.90 Å². The van der Waals surface area contributed by atoms with E-state index in [0.717, 1.165) is 16.5 Å². The van der Waals surface area contributed by atoms with E-state index in [-0.39, 0.29) is 11.5 Å². The average Bonchev–Trinajstić information content (AvgIpc) is 3.20. The van der Waals surface area contributed by atoms with E-state index in [4.69, 9.17) is 0 Å². The molecule has 0 aliphatic carbocycles. The van der Waals surface area contributed by atoms with Gasteiger partial charge in [0.25, 0.3) is 5.91 Å². The number of halogens is 1. The topological polar surface area (TPSA) is 76.8 Å². The van der Waals surface area contributed by atoms with Crippen molar-refractivity contribution in [3.8, 4) is 11.3 Å². The molecule has 0 aliphatic rings. The molecule has 3 heterocycles. The molecule has 0 saturated heterocycles. The van der Waals surface area contributed by atoms with Gasteiger partial charge in [0.15, 0.2) is 5.65 Å². The second-order valence-corrected chi connectivity index (χ2v) is 7.71. The quantitative estimate of drug-likeness (QED) is 0.435. The van der Waals surface area contributed by atoms with Crippen LogP contribution >= 0.6 is 0 Å². The normalized spacial score (nSPS) is 11.2. The number of hydrogen-bond donors (Lipinski definition) is 0. The Morgan fingerprint density at radius 1 is 1.03 bits per heavy atom. The van der Waals surface area contributed by atoms with Crippen molar-refractivity contribution < 1.29 is 9.18 Å². The number of fused-ring (bicyclic) bond motifs is 2. The molecule has 0 unspecified atom stereocenters. The number of pyridine rings is 2. The molecule has 0 bridgehead atoms. The third-order valence-corrected chi connectivity index (χ3v) is 5.26. The maximum absolute atomic E-state index is 14.6. The van der Waals surface area contributed by atoms with Crippen molar-refractivity contribution in [3.63, 3.8) is 0 Å². The van der Waals surface area contributed by atoms with E-state index in [9.17, 15) is 9.18 Å². The number of benzene rings is 2. The number of amides is 1. The molecule has 5 aromatic rings. The van der Waals surface area contributed by atoms with E-state index in [1.807, 2.05) is 30.3 Å². The number of aromatic nitrogens is 5. The number of rotatable bonds is 4. The van der Waals surface area contributed by atoms with E-state index in [1.54, 1.807) is 37.1 Å². The first-order valence-corrected chi connectivity index (χ1v) is 10.0. The molecule has 32 heavy (non-hydrogen) atoms. The van der Waals surface area contributed by atoms with Crippen molar-refractivity contribution in [2.24, 2.45) is 0 Å². The van der Waals surface area contributed by atoms with Crippen molar-refractivity contribution in [2.45, 2.75) is 6.54 Å². The van der Waals surface area contributed by atoms with E-state index < -0.39 is 5.82 Å². The molecule has 158 valence electrons. The highest BCUT2D eigenvalue weighted by Crippen LogP contribution is 2.23. The van der Waals surface area contributed by atoms with Crippen LogP contribution in [0.3, 0.4) is 0 Å². The summed E-state index contributed by atoms with van der Waals surface area (Å²) in [5.74, 6) is -0.968. The first-order valence-electron chi connectivity index (χ1n) is 10.0. The lowest BCUT2D eigenvalue weighted by atomic mass is 10.1. The Bertz CT molecular complexity index is 1480. The van der Waals surface area contributed by atoms with Crippen molar-refractivity contribution in [2.75, 3.05) is 14.1 Å². The summed E-state index contributed by atoms with van der Waals surface area (Å²) >= 11 is 0. The maximum Gasteiger partial charge on any atom is 0.256 e. The molecule has 5 rings (SSSR count). The van der Waals surface area contributed by atoms with Gasteiger partial charge in [-0.3, -0.25) is 9.78 Å². The molecule has 0 fully saturated rings. The summed E-state index contributed by atoms with van der Waals surface area (Å²) in [6, 6.07) is 18.0. The maximum atomic E-state index is 14.6. The standard InChI is InChI=1S/C24H19FN6O/c1-30(2)24(32)18-7-6-17(13-19(18)25)21-9-10-22-23(27-21)31(29-28-22)14-15-5-8-20-16(12-15)4-3-11-26-20/h3-13H,14H2,1-2H3. The Kier molecular flexibility index (Phi) is 4.82. The van der Waals surface area contributed by atoms with Crippen LogP contribution < -0.4 is 0 Å². The summed E-state index contributed by atoms with van der Waals surface area (Å²) < 4.78 is 16.3. The number of hydrogen-bond acceptors (Lipinski definition) is 5. The van der Waals surface area contributed by atoms with Gasteiger partial charge in [-0.1, -0.05) is 23.4 Å². The molecule has 2 aromatic carbocycles. The Labute approximate surface area is 183 Å². The highest BCUT2D eigenvalue weighted by atomic mass is 19.1. The third-order valence-electron chi connectivity index (χ3n) is 5.26. The largest absolute Gasteiger partial charge is 0.345 e. The molecule has 0 radical (unpaired) electrons. The summed E-state index contributed by atoms with van der Waals surface area (Å²) in [6.45, 7) is 0.489. The van der Waals surface area contributed by atoms with E-state index >= 15 is 0 Å². The van der Waals surface area contributed by atoms with E-state index in [1.165, 1.54) is 17.0 Å². The molecule has 1 amide bonds. The molecule has 3 aromatic heterocycles. The van der Waals surface area contributed by atoms with Crippen LogP contribution in [0.15, 0.2) is 66.9 Å². The molecule has 0 aliphatic heterocycles. The van der Waals surface area contributed by atoms with Crippen LogP contribution in [0.1, 0.15) is 15.9 Å². The van der Waals surface area contributed by atoms with Crippen molar-refractivity contribution in [1.82, 2.24) is 29.9 Å². The lowest BCUT2D eigenvalue weighted by molar-refractivity contribution is 0.0823. The van der Waals surface area contributed by atoms with Gasteiger partial charge >= 0.3 is 0 Å². The Balaban J connectivity index is 1.49. The predicted octanol–water partition coefficient (Wildman–Crippen LogP) is 3.93. The predicted molar refractivity (Wildman–Crippen MR) is 120 cm³/mol. The Hall–Kier alpha value is -4.20. The molecule has 0 spiro atoms. The second kappa shape index (κ2) is 7.81. The van der Waals surface area contributed by atoms with Gasteiger partial charge in [-0.15, -0.1) is 5.10 Å². The minimum absolute atomic E-state index is 0.0253. The van der Waals surface area contributed by atoms with Crippen LogP contribution in [0.25, 0.3) is 33.3 Å². The fourth-order valence-corrected chi connectivity index (χ4v) is 3.61. The fraction of sp³-hybridized carbons (Fsp3) is 0.125. The molecule has 7 nitrogen and oxygen atoms in total. The SMILES string of the molecule is CN(C)C(=O)c1ccc(-c2ccc3nnn(Cc4ccc5ncccc5c4)c3n2)cc1F. The highest BCUT2D eigenvalue weighted by molar-refractivity contribution is 5.94. The summed E-state index contributed by atoms with van der Waals surface area (Å²) in [6.07, 6.45) is 1.77. The third kappa shape index (κ3) is 3.56. The van der Waals surface area contributed by atoms with Crippen LogP contribution in [-0.2, 0) is 6.54 Å². The zero-order valence-electron chi connectivity index (χ0n) is 17.5. The molecular formula is C24H19FN6O. The van der Waals surface area contributed by atoms with Gasteiger partial charge in [-0.2, -0.15) is 0 Å². The molecule has 8 heteroatoms. The van der Waals surface area contributed by atoms with Gasteiger partial charge in [0, 0.05) is 31.2 Å². The average molecular weight is 426 g/mol. The summed E-state index contributed by atoms with van der Waals surface area (Å²) in [7, 11) is 3.18. The lowest BCUT2D eigenvalue weighted by Crippen LogP contribution is -2.22. The number of nitrogens with zero attached hydrogens (tertiary/aromatic N) is 6. The molecule has 0 atom stereocenters. The smallest absolute Gasteiger partial charge is 0.256 e. The minimum atomic E-state index is -0.584. The van der Waals surface area contributed by atoms with Gasteiger partial charge in [-0.25, -0.2) is 14.1 Å². The van der Waals surface area contributed by atoms with Gasteiger partial charge in [0.1, 0.15) is 11.3 Å². The number of carbonyl (C=O) groups excluding carboxylic acids is 1. The van der Waals surface area contributed by atoms with Gasteiger partial charge in [-0.05, 0) is 48.0 Å². The summed E-state index contributed by atoms with van der Waals surface area (Å²) in [4.78, 5) is 22.5. The van der Waals surface area contributed by atoms with Crippen molar-refractivity contribution in [3.05, 3.63) is 83.8 Å². The first-order chi connectivity index (χ1) is 15.5. The zero-order chi connectivity index (χ0) is 22.2. The summed E-state index contributed by atoms with van der Waals surface area (Å²) in [5.41, 5.74) is 4.40. The van der Waals surface area contributed by atoms with Crippen LogP contribution in [0.4, 0.5) is 4.39 Å². The second-order valence-electron chi connectivity index (χ2n) is 7.71. The van der Waals surface area contributed by atoms with Crippen LogP contribution in [0.5, 0.6) is 0 Å². The fourth-order valence-electron chi connectivity index (χ4n) is 3.61. The highest BCUT2D eigenvalue weighted by Gasteiger charge is 2.16. The van der Waals surface area contributed by atoms with E-state index in [0.29, 0.717) is 29.0 Å². The summed E-state index contributed by atoms with van der Waals surface area (Å²) in [5, 5.41) is 9.49. The molecular weight excluding hydrogens is 407 g/mol. The zero-order valence-corrected chi connectivity index (χ0v) is 17.5. The van der Waals surface area contributed by atoms with Crippen molar-refractivity contribution >= 4 is 28.0 Å².